The normalized spacial score (nSPS) is 37.6. The number of hydrogen-bond acceptors (Lipinski definition) is 3. The molecule has 3 rings (SSSR count). The number of hydrogen-bond donors (Lipinski definition) is 0. The van der Waals surface area contributed by atoms with Crippen molar-refractivity contribution in [2.24, 2.45) is 0 Å². The molecule has 4 nitrogen and oxygen atoms in total. The van der Waals surface area contributed by atoms with Crippen molar-refractivity contribution in [2.75, 3.05) is 12.8 Å². The average Bonchev–Trinajstić information content (AvgIpc) is 2.53. The van der Waals surface area contributed by atoms with Crippen molar-refractivity contribution in [1.82, 2.24) is 9.80 Å². The summed E-state index contributed by atoms with van der Waals surface area (Å²) in [5.74, 6) is 0.387. The van der Waals surface area contributed by atoms with E-state index >= 15 is 0 Å². The standard InChI is InChI=1S/C16H26N2O2S/c1-11-15(19)17-10-6-5-8-13(17)16(20)18(11)12-7-3-4-9-14(12)21-2/h11-14H,3-10H2,1-2H3. The van der Waals surface area contributed by atoms with Crippen molar-refractivity contribution < 1.29 is 9.59 Å². The van der Waals surface area contributed by atoms with Crippen molar-refractivity contribution in [3.63, 3.8) is 0 Å². The predicted molar refractivity (Wildman–Crippen MR) is 85.2 cm³/mol. The van der Waals surface area contributed by atoms with Gasteiger partial charge in [-0.15, -0.1) is 0 Å². The summed E-state index contributed by atoms with van der Waals surface area (Å²) in [6.07, 6.45) is 9.76. The van der Waals surface area contributed by atoms with Crippen LogP contribution in [0.2, 0.25) is 0 Å². The van der Waals surface area contributed by atoms with Crippen LogP contribution in [0.4, 0.5) is 0 Å². The minimum Gasteiger partial charge on any atom is -0.329 e. The van der Waals surface area contributed by atoms with Crippen LogP contribution in [0.15, 0.2) is 0 Å². The van der Waals surface area contributed by atoms with Crippen LogP contribution in [0.3, 0.4) is 0 Å². The zero-order chi connectivity index (χ0) is 15.0. The molecule has 2 amide bonds. The van der Waals surface area contributed by atoms with E-state index in [2.05, 4.69) is 6.26 Å². The molecule has 4 atom stereocenters. The van der Waals surface area contributed by atoms with Crippen LogP contribution < -0.4 is 0 Å². The SMILES string of the molecule is CSC1CCCCC1N1C(=O)C2CCCCN2C(=O)C1C. The Bertz CT molecular complexity index is 429. The Kier molecular flexibility index (Phi) is 4.48. The molecule has 1 aliphatic carbocycles. The van der Waals surface area contributed by atoms with Gasteiger partial charge in [-0.05, 0) is 45.3 Å². The fourth-order valence-corrected chi connectivity index (χ4v) is 5.28. The molecule has 21 heavy (non-hydrogen) atoms. The smallest absolute Gasteiger partial charge is 0.246 e. The minimum absolute atomic E-state index is 0.171. The first-order valence-corrected chi connectivity index (χ1v) is 9.59. The number of fused-ring (bicyclic) bond motifs is 1. The number of rotatable bonds is 2. The van der Waals surface area contributed by atoms with Gasteiger partial charge in [0, 0.05) is 17.8 Å². The predicted octanol–water partition coefficient (Wildman–Crippen LogP) is 2.27. The van der Waals surface area contributed by atoms with Gasteiger partial charge in [-0.2, -0.15) is 11.8 Å². The second-order valence-electron chi connectivity index (χ2n) is 6.59. The molecule has 2 heterocycles. The number of carbonyl (C=O) groups excluding carboxylic acids is 2. The third-order valence-electron chi connectivity index (χ3n) is 5.43. The van der Waals surface area contributed by atoms with Crippen LogP contribution >= 0.6 is 11.8 Å². The number of piperidine rings is 1. The highest BCUT2D eigenvalue weighted by Gasteiger charge is 2.48. The van der Waals surface area contributed by atoms with Crippen molar-refractivity contribution in [3.05, 3.63) is 0 Å². The molecule has 0 aromatic heterocycles. The van der Waals surface area contributed by atoms with Gasteiger partial charge in [-0.1, -0.05) is 12.8 Å². The van der Waals surface area contributed by atoms with Gasteiger partial charge in [-0.25, -0.2) is 0 Å². The second-order valence-corrected chi connectivity index (χ2v) is 7.67. The number of amides is 2. The largest absolute Gasteiger partial charge is 0.329 e. The van der Waals surface area contributed by atoms with Gasteiger partial charge in [0.15, 0.2) is 0 Å². The van der Waals surface area contributed by atoms with E-state index < -0.39 is 0 Å². The fraction of sp³-hybridized carbons (Fsp3) is 0.875. The Hall–Kier alpha value is -0.710. The first-order chi connectivity index (χ1) is 10.1. The molecule has 1 saturated carbocycles. The van der Waals surface area contributed by atoms with Crippen LogP contribution in [0.5, 0.6) is 0 Å². The third-order valence-corrected chi connectivity index (χ3v) is 6.58. The molecule has 2 aliphatic heterocycles. The Morgan fingerprint density at radius 2 is 1.71 bits per heavy atom. The van der Waals surface area contributed by atoms with Crippen LogP contribution in [0.1, 0.15) is 51.9 Å². The van der Waals surface area contributed by atoms with Crippen LogP contribution in [0, 0.1) is 0 Å². The van der Waals surface area contributed by atoms with E-state index in [1.807, 2.05) is 28.5 Å². The van der Waals surface area contributed by atoms with Crippen LogP contribution in [0.25, 0.3) is 0 Å². The summed E-state index contributed by atoms with van der Waals surface area (Å²) in [5.41, 5.74) is 0. The van der Waals surface area contributed by atoms with E-state index in [1.54, 1.807) is 0 Å². The number of nitrogens with zero attached hydrogens (tertiary/aromatic N) is 2. The molecule has 3 aliphatic rings. The molecular weight excluding hydrogens is 284 g/mol. The Balaban J connectivity index is 1.86. The molecule has 3 fully saturated rings. The molecule has 0 aromatic carbocycles. The lowest BCUT2D eigenvalue weighted by Crippen LogP contribution is -2.68. The third kappa shape index (κ3) is 2.58. The van der Waals surface area contributed by atoms with Gasteiger partial charge in [-0.3, -0.25) is 9.59 Å². The molecule has 0 aromatic rings. The maximum absolute atomic E-state index is 13.0. The van der Waals surface area contributed by atoms with Crippen molar-refractivity contribution in [3.8, 4) is 0 Å². The molecule has 2 saturated heterocycles. The lowest BCUT2D eigenvalue weighted by atomic mass is 9.88. The molecule has 0 spiro atoms. The quantitative estimate of drug-likeness (QED) is 0.785. The highest BCUT2D eigenvalue weighted by Crippen LogP contribution is 2.35. The van der Waals surface area contributed by atoms with E-state index in [-0.39, 0.29) is 29.9 Å². The molecule has 0 N–H and O–H groups in total. The maximum atomic E-state index is 13.0. The number of thioether (sulfide) groups is 1. The highest BCUT2D eigenvalue weighted by atomic mass is 32.2. The zero-order valence-electron chi connectivity index (χ0n) is 13.1. The maximum Gasteiger partial charge on any atom is 0.246 e. The monoisotopic (exact) mass is 310 g/mol. The van der Waals surface area contributed by atoms with E-state index in [0.717, 1.165) is 32.2 Å². The van der Waals surface area contributed by atoms with Gasteiger partial charge < -0.3 is 9.80 Å². The summed E-state index contributed by atoms with van der Waals surface area (Å²) < 4.78 is 0. The van der Waals surface area contributed by atoms with Crippen LogP contribution in [-0.2, 0) is 9.59 Å². The molecule has 5 heteroatoms. The van der Waals surface area contributed by atoms with Crippen molar-refractivity contribution in [1.29, 1.82) is 0 Å². The Labute approximate surface area is 131 Å². The summed E-state index contributed by atoms with van der Waals surface area (Å²) in [6, 6.07) is -0.194. The van der Waals surface area contributed by atoms with Gasteiger partial charge in [0.25, 0.3) is 0 Å². The Morgan fingerprint density at radius 3 is 2.48 bits per heavy atom. The van der Waals surface area contributed by atoms with Gasteiger partial charge in [0.05, 0.1) is 0 Å². The molecular formula is C16H26N2O2S. The van der Waals surface area contributed by atoms with Crippen molar-refractivity contribution in [2.45, 2.75) is 75.2 Å². The van der Waals surface area contributed by atoms with E-state index in [0.29, 0.717) is 5.25 Å². The zero-order valence-corrected chi connectivity index (χ0v) is 13.9. The van der Waals surface area contributed by atoms with Gasteiger partial charge in [0.1, 0.15) is 12.1 Å². The van der Waals surface area contributed by atoms with E-state index in [1.165, 1.54) is 19.3 Å². The summed E-state index contributed by atoms with van der Waals surface area (Å²) in [5, 5.41) is 0.494. The second kappa shape index (κ2) is 6.19. The summed E-state index contributed by atoms with van der Waals surface area (Å²) in [6.45, 7) is 2.70. The average molecular weight is 310 g/mol. The van der Waals surface area contributed by atoms with E-state index in [4.69, 9.17) is 0 Å². The first kappa shape index (κ1) is 15.2. The molecule has 0 radical (unpaired) electrons. The lowest BCUT2D eigenvalue weighted by Gasteiger charge is -2.50. The number of carbonyl (C=O) groups is 2. The fourth-order valence-electron chi connectivity index (χ4n) is 4.30. The minimum atomic E-state index is -0.274. The lowest BCUT2D eigenvalue weighted by molar-refractivity contribution is -0.166. The van der Waals surface area contributed by atoms with Gasteiger partial charge in [0.2, 0.25) is 11.8 Å². The first-order valence-electron chi connectivity index (χ1n) is 8.30. The highest BCUT2D eigenvalue weighted by molar-refractivity contribution is 7.99. The summed E-state index contributed by atoms with van der Waals surface area (Å²) >= 11 is 1.86. The van der Waals surface area contributed by atoms with E-state index in [9.17, 15) is 9.59 Å². The molecule has 0 bridgehead atoms. The topological polar surface area (TPSA) is 40.6 Å². The Morgan fingerprint density at radius 1 is 1.00 bits per heavy atom. The molecule has 4 unspecified atom stereocenters. The van der Waals surface area contributed by atoms with Gasteiger partial charge >= 0.3 is 0 Å². The number of piperazine rings is 1. The summed E-state index contributed by atoms with van der Waals surface area (Å²) in [7, 11) is 0. The summed E-state index contributed by atoms with van der Waals surface area (Å²) in [4.78, 5) is 29.5. The van der Waals surface area contributed by atoms with Crippen LogP contribution in [-0.4, -0.2) is 57.8 Å². The van der Waals surface area contributed by atoms with Crippen molar-refractivity contribution >= 4 is 23.6 Å². The molecule has 118 valence electrons.